The van der Waals surface area contributed by atoms with Crippen LogP contribution in [-0.2, 0) is 0 Å². The monoisotopic (exact) mass is 414 g/mol. The minimum atomic E-state index is -0.790. The van der Waals surface area contributed by atoms with Crippen molar-refractivity contribution in [2.24, 2.45) is 5.92 Å². The van der Waals surface area contributed by atoms with E-state index in [0.717, 1.165) is 44.1 Å². The zero-order valence-electron chi connectivity index (χ0n) is 17.5. The topological polar surface area (TPSA) is 9.23 Å². The van der Waals surface area contributed by atoms with Crippen molar-refractivity contribution in [2.75, 3.05) is 6.61 Å². The molecule has 30 heavy (non-hydrogen) atoms. The number of hydrogen-bond acceptors (Lipinski definition) is 1. The Morgan fingerprint density at radius 2 is 1.80 bits per heavy atom. The molecule has 0 radical (unpaired) electrons. The normalized spacial score (nSPS) is 19.2. The summed E-state index contributed by atoms with van der Waals surface area (Å²) in [4.78, 5) is 0. The van der Waals surface area contributed by atoms with Crippen LogP contribution in [0.1, 0.15) is 61.1 Å². The number of ether oxygens (including phenoxy) is 1. The first-order valence-corrected chi connectivity index (χ1v) is 10.7. The number of allylic oxidation sites excluding steroid dienone is 2. The van der Waals surface area contributed by atoms with Crippen LogP contribution in [0.25, 0.3) is 6.08 Å². The Hall–Kier alpha value is -2.49. The number of halogens is 3. The van der Waals surface area contributed by atoms with Crippen LogP contribution in [-0.4, -0.2) is 6.61 Å². The molecule has 1 aliphatic carbocycles. The molecule has 160 valence electrons. The van der Waals surface area contributed by atoms with Gasteiger partial charge in [-0.05, 0) is 80.5 Å². The second-order valence-corrected chi connectivity index (χ2v) is 8.04. The van der Waals surface area contributed by atoms with Crippen LogP contribution in [0.4, 0.5) is 13.2 Å². The summed E-state index contributed by atoms with van der Waals surface area (Å²) in [6, 6.07) is 8.47. The maximum atomic E-state index is 14.4. The molecule has 1 nitrogen and oxygen atoms in total. The first-order chi connectivity index (χ1) is 14.5. The molecule has 3 rings (SSSR count). The van der Waals surface area contributed by atoms with E-state index >= 15 is 0 Å². The molecule has 0 aliphatic heterocycles. The Bertz CT molecular complexity index is 895. The molecule has 0 atom stereocenters. The van der Waals surface area contributed by atoms with Crippen LogP contribution >= 0.6 is 0 Å². The summed E-state index contributed by atoms with van der Waals surface area (Å²) in [6.45, 7) is 5.69. The molecule has 0 saturated heterocycles. The molecule has 1 saturated carbocycles. The summed E-state index contributed by atoms with van der Waals surface area (Å²) in [5, 5.41) is 0. The highest BCUT2D eigenvalue weighted by Gasteiger charge is 2.22. The number of benzene rings is 2. The van der Waals surface area contributed by atoms with Gasteiger partial charge in [-0.15, -0.1) is 6.58 Å². The third-order valence-electron chi connectivity index (χ3n) is 5.86. The largest absolute Gasteiger partial charge is 0.491 e. The third-order valence-corrected chi connectivity index (χ3v) is 5.86. The van der Waals surface area contributed by atoms with Crippen LogP contribution in [0.5, 0.6) is 5.75 Å². The van der Waals surface area contributed by atoms with Crippen molar-refractivity contribution in [3.8, 4) is 5.75 Å². The average Bonchev–Trinajstić information content (AvgIpc) is 2.76. The lowest BCUT2D eigenvalue weighted by molar-refractivity contribution is 0.296. The molecule has 0 heterocycles. The van der Waals surface area contributed by atoms with E-state index in [0.29, 0.717) is 29.8 Å². The Morgan fingerprint density at radius 1 is 1.03 bits per heavy atom. The number of rotatable bonds is 8. The van der Waals surface area contributed by atoms with Gasteiger partial charge in [-0.3, -0.25) is 0 Å². The summed E-state index contributed by atoms with van der Waals surface area (Å²) in [7, 11) is 0. The highest BCUT2D eigenvalue weighted by Crippen LogP contribution is 2.37. The summed E-state index contributed by atoms with van der Waals surface area (Å²) in [5.74, 6) is -0.954. The van der Waals surface area contributed by atoms with Gasteiger partial charge in [0.05, 0.1) is 6.61 Å². The zero-order valence-corrected chi connectivity index (χ0v) is 17.5. The van der Waals surface area contributed by atoms with Gasteiger partial charge in [0, 0.05) is 5.56 Å². The van der Waals surface area contributed by atoms with Crippen LogP contribution in [0.15, 0.2) is 49.1 Å². The number of aryl methyl sites for hydroxylation is 1. The predicted octanol–water partition coefficient (Wildman–Crippen LogP) is 7.74. The summed E-state index contributed by atoms with van der Waals surface area (Å²) in [5.41, 5.74) is 1.59. The molecular weight excluding hydrogens is 385 g/mol. The van der Waals surface area contributed by atoms with Crippen LogP contribution in [0.3, 0.4) is 0 Å². The molecule has 0 spiro atoms. The highest BCUT2D eigenvalue weighted by molar-refractivity contribution is 5.51. The summed E-state index contributed by atoms with van der Waals surface area (Å²) >= 11 is 0. The fraction of sp³-hybridized carbons (Fsp3) is 0.385. The lowest BCUT2D eigenvalue weighted by Crippen LogP contribution is -2.12. The fourth-order valence-corrected chi connectivity index (χ4v) is 3.97. The van der Waals surface area contributed by atoms with E-state index in [4.69, 9.17) is 4.74 Å². The molecule has 2 aromatic rings. The summed E-state index contributed by atoms with van der Waals surface area (Å²) in [6.07, 6.45) is 10.9. The first-order valence-electron chi connectivity index (χ1n) is 10.7. The Morgan fingerprint density at radius 3 is 2.50 bits per heavy atom. The fourth-order valence-electron chi connectivity index (χ4n) is 3.97. The van der Waals surface area contributed by atoms with Crippen molar-refractivity contribution in [3.05, 3.63) is 83.2 Å². The van der Waals surface area contributed by atoms with Gasteiger partial charge in [-0.25, -0.2) is 13.2 Å². The van der Waals surface area contributed by atoms with Crippen molar-refractivity contribution in [1.82, 2.24) is 0 Å². The van der Waals surface area contributed by atoms with Crippen molar-refractivity contribution < 1.29 is 17.9 Å². The van der Waals surface area contributed by atoms with Gasteiger partial charge < -0.3 is 4.74 Å². The van der Waals surface area contributed by atoms with Crippen molar-refractivity contribution in [2.45, 2.75) is 51.4 Å². The highest BCUT2D eigenvalue weighted by atomic mass is 19.2. The molecule has 4 heteroatoms. The quantitative estimate of drug-likeness (QED) is 0.317. The van der Waals surface area contributed by atoms with Gasteiger partial charge in [0.25, 0.3) is 0 Å². The first kappa shape index (κ1) is 22.2. The smallest absolute Gasteiger partial charge is 0.166 e. The molecule has 0 unspecified atom stereocenters. The molecule has 1 aliphatic rings. The van der Waals surface area contributed by atoms with Gasteiger partial charge in [0.1, 0.15) is 0 Å². The lowest BCUT2D eigenvalue weighted by Gasteiger charge is -2.27. The molecule has 2 aromatic carbocycles. The minimum absolute atomic E-state index is 0.283. The Balaban J connectivity index is 1.54. The maximum absolute atomic E-state index is 14.4. The maximum Gasteiger partial charge on any atom is 0.166 e. The van der Waals surface area contributed by atoms with Crippen LogP contribution in [0, 0.1) is 30.3 Å². The van der Waals surface area contributed by atoms with Gasteiger partial charge >= 0.3 is 0 Å². The Labute approximate surface area is 177 Å². The Kier molecular flexibility index (Phi) is 7.78. The van der Waals surface area contributed by atoms with Crippen LogP contribution in [0.2, 0.25) is 0 Å². The van der Waals surface area contributed by atoms with E-state index in [-0.39, 0.29) is 11.4 Å². The molecule has 0 amide bonds. The van der Waals surface area contributed by atoms with Crippen molar-refractivity contribution >= 4 is 6.08 Å². The molecule has 0 N–H and O–H groups in total. The molecule has 1 fully saturated rings. The average molecular weight is 415 g/mol. The van der Waals surface area contributed by atoms with Gasteiger partial charge in [-0.2, -0.15) is 0 Å². The number of unbranched alkanes of at least 4 members (excludes halogenated alkanes) is 1. The standard InChI is InChI=1S/C26H29F3O/c1-3-4-5-16-30-24-15-14-22(17-23(24)27)20-11-7-19(8-12-20)9-13-21-10-6-18(2)25(28)26(21)29/h3,6,9-10,13-15,17,19-20H,1,4-5,7-8,11-12,16H2,2H3/b13-9+. The molecular formula is C26H29F3O. The molecule has 0 aromatic heterocycles. The van der Waals surface area contributed by atoms with Crippen LogP contribution < -0.4 is 4.74 Å². The lowest BCUT2D eigenvalue weighted by atomic mass is 9.78. The number of hydrogen-bond donors (Lipinski definition) is 0. The predicted molar refractivity (Wildman–Crippen MR) is 116 cm³/mol. The SMILES string of the molecule is C=CCCCOc1ccc(C2CCC(/C=C/c3ccc(C)c(F)c3F)CC2)cc1F. The molecule has 0 bridgehead atoms. The van der Waals surface area contributed by atoms with Crippen molar-refractivity contribution in [3.63, 3.8) is 0 Å². The van der Waals surface area contributed by atoms with E-state index in [9.17, 15) is 13.2 Å². The van der Waals surface area contributed by atoms with Gasteiger partial charge in [0.15, 0.2) is 23.2 Å². The van der Waals surface area contributed by atoms with E-state index in [1.54, 1.807) is 37.3 Å². The second kappa shape index (κ2) is 10.5. The third kappa shape index (κ3) is 5.56. The van der Waals surface area contributed by atoms with E-state index in [1.807, 2.05) is 18.2 Å². The van der Waals surface area contributed by atoms with Gasteiger partial charge in [0.2, 0.25) is 0 Å². The van der Waals surface area contributed by atoms with Crippen molar-refractivity contribution in [1.29, 1.82) is 0 Å². The zero-order chi connectivity index (χ0) is 21.5. The second-order valence-electron chi connectivity index (χ2n) is 8.04. The minimum Gasteiger partial charge on any atom is -0.491 e. The van der Waals surface area contributed by atoms with E-state index in [2.05, 4.69) is 6.58 Å². The van der Waals surface area contributed by atoms with E-state index in [1.165, 1.54) is 0 Å². The van der Waals surface area contributed by atoms with E-state index < -0.39 is 11.6 Å². The van der Waals surface area contributed by atoms with Gasteiger partial charge in [-0.1, -0.05) is 36.4 Å². The summed E-state index contributed by atoms with van der Waals surface area (Å²) < 4.78 is 47.6.